The average molecular weight is 317 g/mol. The van der Waals surface area contributed by atoms with Crippen molar-refractivity contribution in [1.82, 2.24) is 4.57 Å². The smallest absolute Gasteiger partial charge is 0.224 e. The molecule has 0 fully saturated rings. The molecule has 0 amide bonds. The Morgan fingerprint density at radius 1 is 1.04 bits per heavy atom. The van der Waals surface area contributed by atoms with Gasteiger partial charge in [-0.1, -0.05) is 42.5 Å². The van der Waals surface area contributed by atoms with Crippen LogP contribution in [0.1, 0.15) is 22.4 Å². The second-order valence-electron chi connectivity index (χ2n) is 5.78. The van der Waals surface area contributed by atoms with E-state index >= 15 is 0 Å². The van der Waals surface area contributed by atoms with Crippen molar-refractivity contribution in [1.29, 1.82) is 5.26 Å². The summed E-state index contributed by atoms with van der Waals surface area (Å²) in [4.78, 5) is 0. The van der Waals surface area contributed by atoms with Crippen LogP contribution < -0.4 is 10.5 Å². The Morgan fingerprint density at radius 3 is 2.38 bits per heavy atom. The third-order valence-corrected chi connectivity index (χ3v) is 4.08. The van der Waals surface area contributed by atoms with Crippen LogP contribution >= 0.6 is 0 Å². The molecule has 0 spiro atoms. The molecule has 1 aromatic heterocycles. The standard InChI is InChI=1S/C20H19N3O/c1-14-7-3-5-9-16(14)13-23-17(12-21)11-18(22)20(23)24-19-10-6-4-8-15(19)2/h3-11H,13,22H2,1-2H3. The topological polar surface area (TPSA) is 64.0 Å². The van der Waals surface area contributed by atoms with Crippen molar-refractivity contribution in [3.05, 3.63) is 77.0 Å². The second-order valence-corrected chi connectivity index (χ2v) is 5.78. The van der Waals surface area contributed by atoms with Gasteiger partial charge in [0, 0.05) is 6.07 Å². The first-order chi connectivity index (χ1) is 11.6. The maximum absolute atomic E-state index is 9.44. The molecular weight excluding hydrogens is 298 g/mol. The third kappa shape index (κ3) is 2.97. The summed E-state index contributed by atoms with van der Waals surface area (Å²) in [5.74, 6) is 1.24. The molecule has 0 saturated heterocycles. The van der Waals surface area contributed by atoms with E-state index in [9.17, 15) is 5.26 Å². The number of para-hydroxylation sites is 1. The number of rotatable bonds is 4. The Bertz CT molecular complexity index is 919. The van der Waals surface area contributed by atoms with Gasteiger partial charge in [0.25, 0.3) is 0 Å². The van der Waals surface area contributed by atoms with Gasteiger partial charge in [-0.3, -0.25) is 4.57 Å². The normalized spacial score (nSPS) is 10.4. The van der Waals surface area contributed by atoms with E-state index in [0.29, 0.717) is 23.8 Å². The van der Waals surface area contributed by atoms with E-state index in [-0.39, 0.29) is 0 Å². The van der Waals surface area contributed by atoms with Gasteiger partial charge < -0.3 is 10.5 Å². The maximum Gasteiger partial charge on any atom is 0.224 e. The molecule has 24 heavy (non-hydrogen) atoms. The Hall–Kier alpha value is -3.19. The summed E-state index contributed by atoms with van der Waals surface area (Å²) >= 11 is 0. The van der Waals surface area contributed by atoms with Gasteiger partial charge in [-0.25, -0.2) is 0 Å². The van der Waals surface area contributed by atoms with Crippen LogP contribution in [0.4, 0.5) is 5.69 Å². The van der Waals surface area contributed by atoms with Crippen LogP contribution in [0.15, 0.2) is 54.6 Å². The van der Waals surface area contributed by atoms with Crippen molar-refractivity contribution in [2.75, 3.05) is 5.73 Å². The van der Waals surface area contributed by atoms with Gasteiger partial charge in [0.1, 0.15) is 17.5 Å². The van der Waals surface area contributed by atoms with Crippen LogP contribution in [0, 0.1) is 25.2 Å². The van der Waals surface area contributed by atoms with Gasteiger partial charge in [-0.15, -0.1) is 0 Å². The first kappa shape index (κ1) is 15.7. The molecule has 4 nitrogen and oxygen atoms in total. The Balaban J connectivity index is 2.04. The van der Waals surface area contributed by atoms with Crippen LogP contribution in [0.3, 0.4) is 0 Å². The van der Waals surface area contributed by atoms with Crippen molar-refractivity contribution < 1.29 is 4.74 Å². The maximum atomic E-state index is 9.44. The number of nitrogens with zero attached hydrogens (tertiary/aromatic N) is 2. The molecule has 0 aliphatic rings. The van der Waals surface area contributed by atoms with E-state index in [1.54, 1.807) is 6.07 Å². The molecule has 4 heteroatoms. The summed E-state index contributed by atoms with van der Waals surface area (Å²) < 4.78 is 7.88. The van der Waals surface area contributed by atoms with Gasteiger partial charge in [0.15, 0.2) is 0 Å². The molecule has 120 valence electrons. The molecule has 0 unspecified atom stereocenters. The van der Waals surface area contributed by atoms with Crippen molar-refractivity contribution in [2.45, 2.75) is 20.4 Å². The van der Waals surface area contributed by atoms with E-state index < -0.39 is 0 Å². The van der Waals surface area contributed by atoms with Gasteiger partial charge in [0.05, 0.1) is 12.2 Å². The minimum absolute atomic E-state index is 0.461. The van der Waals surface area contributed by atoms with Crippen molar-refractivity contribution in [3.8, 4) is 17.7 Å². The molecule has 0 saturated carbocycles. The zero-order valence-electron chi connectivity index (χ0n) is 13.8. The monoisotopic (exact) mass is 317 g/mol. The van der Waals surface area contributed by atoms with Gasteiger partial charge in [-0.05, 0) is 36.6 Å². The fourth-order valence-corrected chi connectivity index (χ4v) is 2.65. The van der Waals surface area contributed by atoms with Crippen LogP contribution in [0.2, 0.25) is 0 Å². The first-order valence-electron chi connectivity index (χ1n) is 7.77. The predicted molar refractivity (Wildman–Crippen MR) is 95.1 cm³/mol. The number of aryl methyl sites for hydroxylation is 2. The number of ether oxygens (including phenoxy) is 1. The lowest BCUT2D eigenvalue weighted by Gasteiger charge is -2.15. The predicted octanol–water partition coefficient (Wildman–Crippen LogP) is 4.40. The Kier molecular flexibility index (Phi) is 4.26. The minimum Gasteiger partial charge on any atom is -0.438 e. The molecule has 0 aliphatic carbocycles. The number of nitrogens with two attached hydrogens (primary N) is 1. The van der Waals surface area contributed by atoms with Gasteiger partial charge >= 0.3 is 0 Å². The summed E-state index contributed by atoms with van der Waals surface area (Å²) in [5.41, 5.74) is 10.4. The summed E-state index contributed by atoms with van der Waals surface area (Å²) in [5, 5.41) is 9.44. The number of nitrogen functional groups attached to an aromatic ring is 1. The fraction of sp³-hybridized carbons (Fsp3) is 0.150. The molecule has 3 rings (SSSR count). The van der Waals surface area contributed by atoms with Crippen LogP contribution in [-0.2, 0) is 6.54 Å². The van der Waals surface area contributed by atoms with Crippen molar-refractivity contribution >= 4 is 5.69 Å². The molecular formula is C20H19N3O. The number of hydrogen-bond acceptors (Lipinski definition) is 3. The molecule has 0 radical (unpaired) electrons. The zero-order chi connectivity index (χ0) is 17.1. The van der Waals surface area contributed by atoms with Crippen molar-refractivity contribution in [3.63, 3.8) is 0 Å². The molecule has 0 atom stereocenters. The number of aromatic nitrogens is 1. The first-order valence-corrected chi connectivity index (χ1v) is 7.77. The highest BCUT2D eigenvalue weighted by molar-refractivity contribution is 5.57. The van der Waals surface area contributed by atoms with Gasteiger partial charge in [0.2, 0.25) is 5.88 Å². The fourth-order valence-electron chi connectivity index (χ4n) is 2.65. The van der Waals surface area contributed by atoms with Crippen LogP contribution in [0.25, 0.3) is 0 Å². The zero-order valence-corrected chi connectivity index (χ0v) is 13.8. The van der Waals surface area contributed by atoms with E-state index in [1.165, 1.54) is 0 Å². The van der Waals surface area contributed by atoms with Gasteiger partial charge in [-0.2, -0.15) is 5.26 Å². The molecule has 2 N–H and O–H groups in total. The third-order valence-electron chi connectivity index (χ3n) is 4.08. The number of hydrogen-bond donors (Lipinski definition) is 1. The number of nitriles is 1. The molecule has 2 aromatic carbocycles. The lowest BCUT2D eigenvalue weighted by Crippen LogP contribution is -2.06. The molecule has 1 heterocycles. The van der Waals surface area contributed by atoms with Crippen LogP contribution in [-0.4, -0.2) is 4.57 Å². The highest BCUT2D eigenvalue weighted by Gasteiger charge is 2.17. The Labute approximate surface area is 141 Å². The lowest BCUT2D eigenvalue weighted by molar-refractivity contribution is 0.434. The average Bonchev–Trinajstić information content (AvgIpc) is 2.87. The molecule has 0 bridgehead atoms. The molecule has 0 aliphatic heterocycles. The summed E-state index contributed by atoms with van der Waals surface area (Å²) in [7, 11) is 0. The second kappa shape index (κ2) is 6.51. The summed E-state index contributed by atoms with van der Waals surface area (Å²) in [6.45, 7) is 4.56. The van der Waals surface area contributed by atoms with Crippen molar-refractivity contribution in [2.24, 2.45) is 0 Å². The number of benzene rings is 2. The SMILES string of the molecule is Cc1ccccc1Cn1c(C#N)cc(N)c1Oc1ccccc1C. The minimum atomic E-state index is 0.461. The highest BCUT2D eigenvalue weighted by Crippen LogP contribution is 2.33. The number of anilines is 1. The molecule has 3 aromatic rings. The Morgan fingerprint density at radius 2 is 1.71 bits per heavy atom. The summed E-state index contributed by atoms with van der Waals surface area (Å²) in [6, 6.07) is 19.7. The van der Waals surface area contributed by atoms with Crippen LogP contribution in [0.5, 0.6) is 11.6 Å². The van der Waals surface area contributed by atoms with E-state index in [1.807, 2.05) is 54.0 Å². The highest BCUT2D eigenvalue weighted by atomic mass is 16.5. The van der Waals surface area contributed by atoms with E-state index in [0.717, 1.165) is 22.4 Å². The summed E-state index contributed by atoms with van der Waals surface area (Å²) in [6.07, 6.45) is 0. The van der Waals surface area contributed by atoms with E-state index in [2.05, 4.69) is 19.1 Å². The lowest BCUT2D eigenvalue weighted by atomic mass is 10.1. The quantitative estimate of drug-likeness (QED) is 0.775. The van der Waals surface area contributed by atoms with E-state index in [4.69, 9.17) is 10.5 Å². The largest absolute Gasteiger partial charge is 0.438 e.